The van der Waals surface area contributed by atoms with Gasteiger partial charge in [-0.2, -0.15) is 0 Å². The van der Waals surface area contributed by atoms with Gasteiger partial charge in [-0.1, -0.05) is 19.1 Å². The summed E-state index contributed by atoms with van der Waals surface area (Å²) in [5.41, 5.74) is 0. The molecule has 0 aliphatic heterocycles. The van der Waals surface area contributed by atoms with Crippen molar-refractivity contribution in [2.24, 2.45) is 5.92 Å². The van der Waals surface area contributed by atoms with E-state index >= 15 is 0 Å². The van der Waals surface area contributed by atoms with Crippen molar-refractivity contribution in [2.45, 2.75) is 58.4 Å². The number of para-hydroxylation sites is 2. The fraction of sp³-hybridized carbons (Fsp3) is 0.650. The topological polar surface area (TPSA) is 38.8 Å². The molecule has 0 saturated heterocycles. The molecule has 2 rings (SSSR count). The summed E-state index contributed by atoms with van der Waals surface area (Å²) in [4.78, 5) is 14.3. The average Bonchev–Trinajstić information content (AvgIpc) is 2.60. The molecule has 1 aromatic carbocycles. The third kappa shape index (κ3) is 5.43. The maximum atomic E-state index is 12.4. The largest absolute Gasteiger partial charge is 0.490 e. The summed E-state index contributed by atoms with van der Waals surface area (Å²) < 4.78 is 11.3. The van der Waals surface area contributed by atoms with Gasteiger partial charge in [0.05, 0.1) is 13.2 Å². The van der Waals surface area contributed by atoms with Crippen molar-refractivity contribution < 1.29 is 14.3 Å². The zero-order valence-electron chi connectivity index (χ0n) is 15.3. The highest BCUT2D eigenvalue weighted by molar-refractivity contribution is 5.76. The Bertz CT molecular complexity index is 509. The summed E-state index contributed by atoms with van der Waals surface area (Å²) in [5.74, 6) is 2.56. The van der Waals surface area contributed by atoms with E-state index in [2.05, 4.69) is 6.92 Å². The van der Waals surface area contributed by atoms with Crippen molar-refractivity contribution in [1.82, 2.24) is 4.90 Å². The van der Waals surface area contributed by atoms with Crippen molar-refractivity contribution in [2.75, 3.05) is 20.3 Å². The Labute approximate surface area is 146 Å². The van der Waals surface area contributed by atoms with Gasteiger partial charge in [0.25, 0.3) is 0 Å². The monoisotopic (exact) mass is 333 g/mol. The SMILES string of the molecule is CCOc1ccccc1OCCCC(=O)N(C)C1CCC(C)CC1. The molecule has 1 amide bonds. The second-order valence-electron chi connectivity index (χ2n) is 6.75. The zero-order chi connectivity index (χ0) is 17.4. The Morgan fingerprint density at radius 2 is 1.75 bits per heavy atom. The van der Waals surface area contributed by atoms with E-state index in [-0.39, 0.29) is 5.91 Å². The summed E-state index contributed by atoms with van der Waals surface area (Å²) in [5, 5.41) is 0. The van der Waals surface area contributed by atoms with Crippen LogP contribution in [0.5, 0.6) is 11.5 Å². The first-order valence-corrected chi connectivity index (χ1v) is 9.22. The maximum absolute atomic E-state index is 12.4. The van der Waals surface area contributed by atoms with E-state index in [1.54, 1.807) is 0 Å². The van der Waals surface area contributed by atoms with Gasteiger partial charge in [0, 0.05) is 19.5 Å². The highest BCUT2D eigenvalue weighted by Crippen LogP contribution is 2.28. The molecule has 0 heterocycles. The third-order valence-electron chi connectivity index (χ3n) is 4.87. The Morgan fingerprint density at radius 3 is 2.38 bits per heavy atom. The van der Waals surface area contributed by atoms with Gasteiger partial charge < -0.3 is 14.4 Å². The number of carbonyl (C=O) groups excluding carboxylic acids is 1. The third-order valence-corrected chi connectivity index (χ3v) is 4.87. The molecule has 0 aromatic heterocycles. The maximum Gasteiger partial charge on any atom is 0.222 e. The highest BCUT2D eigenvalue weighted by atomic mass is 16.5. The molecular formula is C20H31NO3. The van der Waals surface area contributed by atoms with E-state index in [4.69, 9.17) is 9.47 Å². The number of amides is 1. The van der Waals surface area contributed by atoms with Gasteiger partial charge in [0.1, 0.15) is 0 Å². The standard InChI is InChI=1S/C20H31NO3/c1-4-23-18-8-5-6-9-19(18)24-15-7-10-20(22)21(3)17-13-11-16(2)12-14-17/h5-6,8-9,16-17H,4,7,10-15H2,1-3H3. The highest BCUT2D eigenvalue weighted by Gasteiger charge is 2.24. The van der Waals surface area contributed by atoms with Crippen LogP contribution in [-0.2, 0) is 4.79 Å². The predicted molar refractivity (Wildman–Crippen MR) is 96.5 cm³/mol. The molecule has 0 unspecified atom stereocenters. The predicted octanol–water partition coefficient (Wildman–Crippen LogP) is 4.28. The normalized spacial score (nSPS) is 20.5. The molecule has 1 fully saturated rings. The first-order valence-electron chi connectivity index (χ1n) is 9.22. The van der Waals surface area contributed by atoms with Crippen molar-refractivity contribution in [1.29, 1.82) is 0 Å². The van der Waals surface area contributed by atoms with Crippen LogP contribution in [0.2, 0.25) is 0 Å². The number of benzene rings is 1. The van der Waals surface area contributed by atoms with Crippen molar-refractivity contribution in [3.8, 4) is 11.5 Å². The lowest BCUT2D eigenvalue weighted by Gasteiger charge is -2.33. The second-order valence-corrected chi connectivity index (χ2v) is 6.75. The summed E-state index contributed by atoms with van der Waals surface area (Å²) in [7, 11) is 1.95. The van der Waals surface area contributed by atoms with E-state index in [0.29, 0.717) is 25.7 Å². The van der Waals surface area contributed by atoms with Crippen LogP contribution in [0.3, 0.4) is 0 Å². The molecule has 1 aliphatic carbocycles. The number of ether oxygens (including phenoxy) is 2. The summed E-state index contributed by atoms with van der Waals surface area (Å²) in [6.07, 6.45) is 6.02. The van der Waals surface area contributed by atoms with Gasteiger partial charge in [-0.05, 0) is 57.1 Å². The van der Waals surface area contributed by atoms with E-state index in [0.717, 1.165) is 36.7 Å². The first kappa shape index (κ1) is 18.6. The van der Waals surface area contributed by atoms with Gasteiger partial charge in [0.15, 0.2) is 11.5 Å². The van der Waals surface area contributed by atoms with Gasteiger partial charge in [0.2, 0.25) is 5.91 Å². The molecule has 1 aliphatic rings. The van der Waals surface area contributed by atoms with Crippen LogP contribution in [-0.4, -0.2) is 37.1 Å². The van der Waals surface area contributed by atoms with Crippen LogP contribution in [0.15, 0.2) is 24.3 Å². The Balaban J connectivity index is 1.71. The molecule has 4 heteroatoms. The average molecular weight is 333 g/mol. The van der Waals surface area contributed by atoms with Crippen LogP contribution in [0.25, 0.3) is 0 Å². The fourth-order valence-corrected chi connectivity index (χ4v) is 3.26. The van der Waals surface area contributed by atoms with Crippen LogP contribution < -0.4 is 9.47 Å². The minimum atomic E-state index is 0.233. The lowest BCUT2D eigenvalue weighted by Crippen LogP contribution is -2.39. The lowest BCUT2D eigenvalue weighted by atomic mass is 9.86. The van der Waals surface area contributed by atoms with E-state index < -0.39 is 0 Å². The number of rotatable bonds is 8. The van der Waals surface area contributed by atoms with E-state index in [9.17, 15) is 4.79 Å². The molecule has 24 heavy (non-hydrogen) atoms. The number of nitrogens with zero attached hydrogens (tertiary/aromatic N) is 1. The van der Waals surface area contributed by atoms with E-state index in [1.165, 1.54) is 12.8 Å². The minimum absolute atomic E-state index is 0.233. The smallest absolute Gasteiger partial charge is 0.222 e. The molecule has 134 valence electrons. The van der Waals surface area contributed by atoms with Crippen LogP contribution in [0.1, 0.15) is 52.4 Å². The summed E-state index contributed by atoms with van der Waals surface area (Å²) >= 11 is 0. The van der Waals surface area contributed by atoms with E-state index in [1.807, 2.05) is 43.1 Å². The fourth-order valence-electron chi connectivity index (χ4n) is 3.26. The molecule has 4 nitrogen and oxygen atoms in total. The molecule has 1 saturated carbocycles. The van der Waals surface area contributed by atoms with Crippen molar-refractivity contribution in [3.63, 3.8) is 0 Å². The summed E-state index contributed by atoms with van der Waals surface area (Å²) in [6.45, 7) is 5.40. The first-order chi connectivity index (χ1) is 11.6. The number of hydrogen-bond acceptors (Lipinski definition) is 3. The van der Waals surface area contributed by atoms with Crippen LogP contribution in [0, 0.1) is 5.92 Å². The van der Waals surface area contributed by atoms with Crippen molar-refractivity contribution in [3.05, 3.63) is 24.3 Å². The zero-order valence-corrected chi connectivity index (χ0v) is 15.3. The van der Waals surface area contributed by atoms with Gasteiger partial charge >= 0.3 is 0 Å². The summed E-state index contributed by atoms with van der Waals surface area (Å²) in [6, 6.07) is 8.10. The molecule has 0 radical (unpaired) electrons. The molecule has 0 atom stereocenters. The molecular weight excluding hydrogens is 302 g/mol. The van der Waals surface area contributed by atoms with Gasteiger partial charge in [-0.15, -0.1) is 0 Å². The Hall–Kier alpha value is -1.71. The molecule has 0 spiro atoms. The number of carbonyl (C=O) groups is 1. The second kappa shape index (κ2) is 9.55. The minimum Gasteiger partial charge on any atom is -0.490 e. The quantitative estimate of drug-likeness (QED) is 0.667. The Kier molecular flexibility index (Phi) is 7.41. The lowest BCUT2D eigenvalue weighted by molar-refractivity contribution is -0.132. The molecule has 0 N–H and O–H groups in total. The molecule has 0 bridgehead atoms. The Morgan fingerprint density at radius 1 is 1.12 bits per heavy atom. The number of hydrogen-bond donors (Lipinski definition) is 0. The van der Waals surface area contributed by atoms with Crippen molar-refractivity contribution >= 4 is 5.91 Å². The van der Waals surface area contributed by atoms with Gasteiger partial charge in [-0.25, -0.2) is 0 Å². The van der Waals surface area contributed by atoms with Crippen LogP contribution >= 0.6 is 0 Å². The van der Waals surface area contributed by atoms with Crippen LogP contribution in [0.4, 0.5) is 0 Å². The molecule has 1 aromatic rings. The van der Waals surface area contributed by atoms with Gasteiger partial charge in [-0.3, -0.25) is 4.79 Å².